The second kappa shape index (κ2) is 7.85. The number of hydrogen-bond donors (Lipinski definition) is 2. The minimum absolute atomic E-state index is 0.0504. The molecule has 0 aliphatic heterocycles. The SMILES string of the molecule is CN=C(NCc1ccc(OCC(F)(F)F)nc1)NC1CC=CC1. The summed E-state index contributed by atoms with van der Waals surface area (Å²) in [5.41, 5.74) is 0.817. The number of rotatable bonds is 5. The molecule has 8 heteroatoms. The Morgan fingerprint density at radius 1 is 1.35 bits per heavy atom. The van der Waals surface area contributed by atoms with Gasteiger partial charge in [0, 0.05) is 31.9 Å². The lowest BCUT2D eigenvalue weighted by atomic mass is 10.2. The number of ether oxygens (including phenoxy) is 1. The summed E-state index contributed by atoms with van der Waals surface area (Å²) in [4.78, 5) is 7.99. The Balaban J connectivity index is 1.78. The molecule has 1 aromatic rings. The van der Waals surface area contributed by atoms with Gasteiger partial charge in [-0.05, 0) is 18.4 Å². The first-order valence-corrected chi connectivity index (χ1v) is 7.23. The van der Waals surface area contributed by atoms with Crippen molar-refractivity contribution in [1.82, 2.24) is 15.6 Å². The van der Waals surface area contributed by atoms with Crippen molar-refractivity contribution in [3.63, 3.8) is 0 Å². The smallest absolute Gasteiger partial charge is 0.422 e. The third-order valence-electron chi connectivity index (χ3n) is 3.21. The van der Waals surface area contributed by atoms with Crippen molar-refractivity contribution in [2.24, 2.45) is 4.99 Å². The molecule has 1 heterocycles. The Kier molecular flexibility index (Phi) is 5.84. The number of hydrogen-bond acceptors (Lipinski definition) is 3. The van der Waals surface area contributed by atoms with Crippen molar-refractivity contribution < 1.29 is 17.9 Å². The lowest BCUT2D eigenvalue weighted by Crippen LogP contribution is -2.42. The van der Waals surface area contributed by atoms with Crippen LogP contribution in [0.3, 0.4) is 0 Å². The summed E-state index contributed by atoms with van der Waals surface area (Å²) in [6.07, 6.45) is 3.28. The Bertz CT molecular complexity index is 547. The van der Waals surface area contributed by atoms with Gasteiger partial charge in [-0.25, -0.2) is 4.98 Å². The van der Waals surface area contributed by atoms with E-state index in [2.05, 4.69) is 37.5 Å². The molecule has 1 aromatic heterocycles. The molecule has 2 rings (SSSR count). The first kappa shape index (κ1) is 17.1. The predicted octanol–water partition coefficient (Wildman–Crippen LogP) is 2.41. The highest BCUT2D eigenvalue weighted by molar-refractivity contribution is 5.80. The monoisotopic (exact) mass is 328 g/mol. The first-order chi connectivity index (χ1) is 11.0. The second-order valence-electron chi connectivity index (χ2n) is 5.12. The van der Waals surface area contributed by atoms with Crippen LogP contribution < -0.4 is 15.4 Å². The minimum Gasteiger partial charge on any atom is -0.468 e. The van der Waals surface area contributed by atoms with Gasteiger partial charge in [-0.1, -0.05) is 18.2 Å². The van der Waals surface area contributed by atoms with Gasteiger partial charge in [0.2, 0.25) is 5.88 Å². The number of guanidine groups is 1. The Hall–Kier alpha value is -2.25. The lowest BCUT2D eigenvalue weighted by Gasteiger charge is -2.17. The molecule has 2 N–H and O–H groups in total. The van der Waals surface area contributed by atoms with Crippen molar-refractivity contribution in [2.75, 3.05) is 13.7 Å². The Morgan fingerprint density at radius 3 is 2.65 bits per heavy atom. The van der Waals surface area contributed by atoms with Gasteiger partial charge in [-0.3, -0.25) is 4.99 Å². The first-order valence-electron chi connectivity index (χ1n) is 7.23. The third kappa shape index (κ3) is 6.17. The van der Waals surface area contributed by atoms with E-state index < -0.39 is 12.8 Å². The Labute approximate surface area is 132 Å². The highest BCUT2D eigenvalue weighted by atomic mass is 19.4. The summed E-state index contributed by atoms with van der Waals surface area (Å²) in [6.45, 7) is -0.879. The van der Waals surface area contributed by atoms with Gasteiger partial charge in [0.05, 0.1) is 0 Å². The number of alkyl halides is 3. The molecule has 0 unspecified atom stereocenters. The van der Waals surface area contributed by atoms with Crippen LogP contribution in [0.2, 0.25) is 0 Å². The summed E-state index contributed by atoms with van der Waals surface area (Å²) in [6, 6.07) is 3.42. The van der Waals surface area contributed by atoms with E-state index in [1.807, 2.05) is 0 Å². The van der Waals surface area contributed by atoms with Gasteiger partial charge in [-0.2, -0.15) is 13.2 Å². The summed E-state index contributed by atoms with van der Waals surface area (Å²) in [5.74, 6) is 0.627. The maximum atomic E-state index is 12.0. The van der Waals surface area contributed by atoms with E-state index >= 15 is 0 Å². The number of halogens is 3. The number of pyridine rings is 1. The molecule has 0 spiro atoms. The number of nitrogens with zero attached hydrogens (tertiary/aromatic N) is 2. The average molecular weight is 328 g/mol. The van der Waals surface area contributed by atoms with Crippen LogP contribution in [-0.2, 0) is 6.54 Å². The standard InChI is InChI=1S/C15H19F3N4O/c1-19-14(22-12-4-2-3-5-12)21-9-11-6-7-13(20-8-11)23-10-15(16,17)18/h2-3,6-8,12H,4-5,9-10H2,1H3,(H2,19,21,22). The van der Waals surface area contributed by atoms with Crippen LogP contribution in [0.15, 0.2) is 35.5 Å². The molecule has 5 nitrogen and oxygen atoms in total. The van der Waals surface area contributed by atoms with Crippen LogP contribution >= 0.6 is 0 Å². The molecule has 0 saturated carbocycles. The summed E-state index contributed by atoms with van der Waals surface area (Å²) >= 11 is 0. The van der Waals surface area contributed by atoms with Crippen molar-refractivity contribution in [1.29, 1.82) is 0 Å². The third-order valence-corrected chi connectivity index (χ3v) is 3.21. The van der Waals surface area contributed by atoms with Crippen LogP contribution in [0.4, 0.5) is 13.2 Å². The molecule has 0 radical (unpaired) electrons. The van der Waals surface area contributed by atoms with E-state index in [9.17, 15) is 13.2 Å². The van der Waals surface area contributed by atoms with E-state index in [1.165, 1.54) is 12.3 Å². The van der Waals surface area contributed by atoms with E-state index in [1.54, 1.807) is 13.1 Å². The van der Waals surface area contributed by atoms with Crippen molar-refractivity contribution in [3.8, 4) is 5.88 Å². The van der Waals surface area contributed by atoms with Gasteiger partial charge in [0.1, 0.15) is 0 Å². The molecule has 0 saturated heterocycles. The van der Waals surface area contributed by atoms with Gasteiger partial charge in [-0.15, -0.1) is 0 Å². The summed E-state index contributed by atoms with van der Waals surface area (Å²) in [5, 5.41) is 6.43. The van der Waals surface area contributed by atoms with Gasteiger partial charge >= 0.3 is 6.18 Å². The van der Waals surface area contributed by atoms with E-state index in [0.717, 1.165) is 18.4 Å². The average Bonchev–Trinajstić information content (AvgIpc) is 3.02. The number of aromatic nitrogens is 1. The second-order valence-corrected chi connectivity index (χ2v) is 5.12. The summed E-state index contributed by atoms with van der Waals surface area (Å²) in [7, 11) is 1.68. The molecule has 1 aliphatic carbocycles. The fourth-order valence-corrected chi connectivity index (χ4v) is 2.07. The zero-order chi connectivity index (χ0) is 16.7. The molecule has 23 heavy (non-hydrogen) atoms. The topological polar surface area (TPSA) is 58.5 Å². The van der Waals surface area contributed by atoms with E-state index in [4.69, 9.17) is 0 Å². The minimum atomic E-state index is -4.37. The van der Waals surface area contributed by atoms with Crippen LogP contribution in [0.25, 0.3) is 0 Å². The van der Waals surface area contributed by atoms with Crippen molar-refractivity contribution in [3.05, 3.63) is 36.0 Å². The maximum Gasteiger partial charge on any atom is 0.422 e. The summed E-state index contributed by atoms with van der Waals surface area (Å²) < 4.78 is 40.7. The van der Waals surface area contributed by atoms with Gasteiger partial charge < -0.3 is 15.4 Å². The van der Waals surface area contributed by atoms with Crippen molar-refractivity contribution in [2.45, 2.75) is 31.6 Å². The zero-order valence-corrected chi connectivity index (χ0v) is 12.7. The molecule has 0 amide bonds. The number of nitrogens with one attached hydrogen (secondary N) is 2. The molecule has 0 aromatic carbocycles. The zero-order valence-electron chi connectivity index (χ0n) is 12.7. The van der Waals surface area contributed by atoms with E-state index in [0.29, 0.717) is 18.5 Å². The molecular weight excluding hydrogens is 309 g/mol. The van der Waals surface area contributed by atoms with Gasteiger partial charge in [0.15, 0.2) is 12.6 Å². The normalized spacial score (nSPS) is 15.7. The van der Waals surface area contributed by atoms with E-state index in [-0.39, 0.29) is 5.88 Å². The number of aliphatic imine (C=N–C) groups is 1. The fourth-order valence-electron chi connectivity index (χ4n) is 2.07. The molecule has 126 valence electrons. The highest BCUT2D eigenvalue weighted by Crippen LogP contribution is 2.17. The quantitative estimate of drug-likeness (QED) is 0.495. The van der Waals surface area contributed by atoms with Crippen LogP contribution in [0, 0.1) is 0 Å². The molecule has 0 fully saturated rings. The highest BCUT2D eigenvalue weighted by Gasteiger charge is 2.28. The van der Waals surface area contributed by atoms with Crippen molar-refractivity contribution >= 4 is 5.96 Å². The van der Waals surface area contributed by atoms with Crippen LogP contribution in [0.5, 0.6) is 5.88 Å². The van der Waals surface area contributed by atoms with Gasteiger partial charge in [0.25, 0.3) is 0 Å². The maximum absolute atomic E-state index is 12.0. The largest absolute Gasteiger partial charge is 0.468 e. The fraction of sp³-hybridized carbons (Fsp3) is 0.467. The molecule has 1 aliphatic rings. The predicted molar refractivity (Wildman–Crippen MR) is 81.3 cm³/mol. The van der Waals surface area contributed by atoms with Crippen LogP contribution in [0.1, 0.15) is 18.4 Å². The molecular formula is C15H19F3N4O. The molecule has 0 bridgehead atoms. The molecule has 0 atom stereocenters. The van der Waals surface area contributed by atoms with Crippen LogP contribution in [-0.4, -0.2) is 36.8 Å². The Morgan fingerprint density at radius 2 is 2.09 bits per heavy atom. The lowest BCUT2D eigenvalue weighted by molar-refractivity contribution is -0.154.